The number of anilines is 4. The highest BCUT2D eigenvalue weighted by atomic mass is 32.2. The molecule has 2 aliphatic heterocycles. The number of hydrogen-bond acceptors (Lipinski definition) is 7. The van der Waals surface area contributed by atoms with Crippen molar-refractivity contribution >= 4 is 39.1 Å². The summed E-state index contributed by atoms with van der Waals surface area (Å²) < 4.78 is 66.3. The van der Waals surface area contributed by atoms with Crippen LogP contribution in [-0.4, -0.2) is 50.2 Å². The average Bonchev–Trinajstić information content (AvgIpc) is 3.10. The normalized spacial score (nSPS) is 18.7. The van der Waals surface area contributed by atoms with E-state index in [2.05, 4.69) is 25.3 Å². The first-order valence-corrected chi connectivity index (χ1v) is 12.2. The number of carbonyl (C=O) groups is 1. The van der Waals surface area contributed by atoms with Crippen LogP contribution in [0.15, 0.2) is 24.4 Å². The topological polar surface area (TPSA) is 116 Å². The van der Waals surface area contributed by atoms with E-state index in [1.54, 1.807) is 18.2 Å². The van der Waals surface area contributed by atoms with Gasteiger partial charge in [0.2, 0.25) is 21.9 Å². The number of rotatable bonds is 6. The number of nitrogens with one attached hydrogen (secondary N) is 3. The van der Waals surface area contributed by atoms with Crippen molar-refractivity contribution in [2.45, 2.75) is 25.4 Å². The number of carbonyl (C=O) groups excluding carboxylic acids is 1. The van der Waals surface area contributed by atoms with E-state index in [0.717, 1.165) is 18.0 Å². The van der Waals surface area contributed by atoms with Gasteiger partial charge in [0, 0.05) is 37.2 Å². The lowest BCUT2D eigenvalue weighted by Gasteiger charge is -2.34. The Hall–Kier alpha value is -2.93. The number of halogens is 3. The molecule has 0 radical (unpaired) electrons. The highest BCUT2D eigenvalue weighted by Crippen LogP contribution is 2.37. The van der Waals surface area contributed by atoms with Gasteiger partial charge in [0.05, 0.1) is 12.7 Å². The van der Waals surface area contributed by atoms with Crippen LogP contribution in [0.3, 0.4) is 0 Å². The molecule has 0 unspecified atom stereocenters. The quantitative estimate of drug-likeness (QED) is 0.577. The van der Waals surface area contributed by atoms with Gasteiger partial charge >= 0.3 is 6.18 Å². The predicted octanol–water partition coefficient (Wildman–Crippen LogP) is 2.50. The fourth-order valence-electron chi connectivity index (χ4n) is 4.00. The van der Waals surface area contributed by atoms with Gasteiger partial charge in [-0.15, -0.1) is 0 Å². The van der Waals surface area contributed by atoms with E-state index >= 15 is 0 Å². The molecule has 3 heterocycles. The fraction of sp³-hybridized carbons (Fsp3) is 0.450. The molecule has 4 rings (SSSR count). The van der Waals surface area contributed by atoms with Gasteiger partial charge in [0.1, 0.15) is 11.4 Å². The van der Waals surface area contributed by atoms with Gasteiger partial charge in [-0.05, 0) is 42.5 Å². The summed E-state index contributed by atoms with van der Waals surface area (Å²) in [6, 6.07) is 5.11. The minimum absolute atomic E-state index is 0.00776. The molecule has 1 fully saturated rings. The standard InChI is InChI=1S/C20H23F3N6O3S/c1-33(31,32)25-9-12-3-2-6-29(11-12)18-15(20(21,22)23)10-24-19(28-18)26-14-4-5-16-13(7-14)8-17(30)27-16/h4-5,7,10,12,25H,2-3,6,8-9,11H2,1H3,(H,27,30)(H,24,26,28)/t12-/m0/s1. The molecular weight excluding hydrogens is 461 g/mol. The van der Waals surface area contributed by atoms with Crippen molar-refractivity contribution in [2.75, 3.05) is 41.4 Å². The van der Waals surface area contributed by atoms with Gasteiger partial charge in [-0.25, -0.2) is 18.1 Å². The highest BCUT2D eigenvalue weighted by Gasteiger charge is 2.38. The first kappa shape index (κ1) is 23.2. The molecule has 2 aliphatic rings. The molecule has 0 saturated carbocycles. The molecule has 0 aliphatic carbocycles. The molecule has 1 aromatic carbocycles. The van der Waals surface area contributed by atoms with E-state index < -0.39 is 21.8 Å². The lowest BCUT2D eigenvalue weighted by Crippen LogP contribution is -2.42. The maximum absolute atomic E-state index is 13.7. The first-order chi connectivity index (χ1) is 15.5. The number of benzene rings is 1. The summed E-state index contributed by atoms with van der Waals surface area (Å²) in [7, 11) is -3.40. The maximum atomic E-state index is 13.7. The van der Waals surface area contributed by atoms with Gasteiger partial charge in [-0.1, -0.05) is 0 Å². The number of amides is 1. The lowest BCUT2D eigenvalue weighted by atomic mass is 9.98. The van der Waals surface area contributed by atoms with Gasteiger partial charge in [0.25, 0.3) is 0 Å². The third-order valence-corrected chi connectivity index (χ3v) is 6.20. The molecule has 33 heavy (non-hydrogen) atoms. The zero-order valence-corrected chi connectivity index (χ0v) is 18.6. The summed E-state index contributed by atoms with van der Waals surface area (Å²) in [6.07, 6.45) is -1.33. The molecule has 1 saturated heterocycles. The summed E-state index contributed by atoms with van der Waals surface area (Å²) in [5.74, 6) is -0.531. The van der Waals surface area contributed by atoms with E-state index in [0.29, 0.717) is 30.8 Å². The van der Waals surface area contributed by atoms with Crippen molar-refractivity contribution in [1.29, 1.82) is 0 Å². The van der Waals surface area contributed by atoms with Crippen molar-refractivity contribution in [3.05, 3.63) is 35.5 Å². The van der Waals surface area contributed by atoms with Crippen LogP contribution in [0.25, 0.3) is 0 Å². The molecule has 9 nitrogen and oxygen atoms in total. The van der Waals surface area contributed by atoms with Crippen LogP contribution in [-0.2, 0) is 27.4 Å². The highest BCUT2D eigenvalue weighted by molar-refractivity contribution is 7.88. The molecule has 2 aromatic rings. The Bertz CT molecular complexity index is 1170. The monoisotopic (exact) mass is 484 g/mol. The number of alkyl halides is 3. The van der Waals surface area contributed by atoms with Gasteiger partial charge in [-0.2, -0.15) is 18.2 Å². The van der Waals surface area contributed by atoms with Crippen LogP contribution in [0.4, 0.5) is 36.3 Å². The van der Waals surface area contributed by atoms with Crippen LogP contribution in [0.1, 0.15) is 24.0 Å². The van der Waals surface area contributed by atoms with Crippen LogP contribution < -0.4 is 20.3 Å². The second kappa shape index (κ2) is 8.78. The molecular formula is C20H23F3N6O3S. The Labute approximate surface area is 188 Å². The first-order valence-electron chi connectivity index (χ1n) is 10.3. The smallest absolute Gasteiger partial charge is 0.356 e. The predicted molar refractivity (Wildman–Crippen MR) is 117 cm³/mol. The third-order valence-electron chi connectivity index (χ3n) is 5.51. The Balaban J connectivity index is 1.58. The summed E-state index contributed by atoms with van der Waals surface area (Å²) in [5, 5.41) is 5.63. The van der Waals surface area contributed by atoms with Gasteiger partial charge < -0.3 is 15.5 Å². The minimum Gasteiger partial charge on any atom is -0.356 e. The summed E-state index contributed by atoms with van der Waals surface area (Å²) in [4.78, 5) is 21.1. The van der Waals surface area contributed by atoms with E-state index in [-0.39, 0.29) is 43.1 Å². The SMILES string of the molecule is CS(=O)(=O)NC[C@@H]1CCCN(c2nc(Nc3ccc4c(c3)CC(=O)N4)ncc2C(F)(F)F)C1. The molecule has 0 bridgehead atoms. The Morgan fingerprint density at radius 3 is 2.82 bits per heavy atom. The second-order valence-electron chi connectivity index (χ2n) is 8.23. The Kier molecular flexibility index (Phi) is 6.18. The van der Waals surface area contributed by atoms with E-state index in [1.807, 2.05) is 0 Å². The van der Waals surface area contributed by atoms with Crippen molar-refractivity contribution in [1.82, 2.24) is 14.7 Å². The van der Waals surface area contributed by atoms with Gasteiger partial charge in [-0.3, -0.25) is 4.79 Å². The molecule has 0 spiro atoms. The third kappa shape index (κ3) is 5.71. The largest absolute Gasteiger partial charge is 0.421 e. The van der Waals surface area contributed by atoms with E-state index in [9.17, 15) is 26.4 Å². The Morgan fingerprint density at radius 1 is 1.30 bits per heavy atom. The van der Waals surface area contributed by atoms with E-state index in [1.165, 1.54) is 4.90 Å². The second-order valence-corrected chi connectivity index (χ2v) is 10.1. The maximum Gasteiger partial charge on any atom is 0.421 e. The Morgan fingerprint density at radius 2 is 2.09 bits per heavy atom. The number of sulfonamides is 1. The van der Waals surface area contributed by atoms with E-state index in [4.69, 9.17) is 0 Å². The van der Waals surface area contributed by atoms with Crippen LogP contribution in [0, 0.1) is 5.92 Å². The zero-order valence-electron chi connectivity index (χ0n) is 17.7. The number of fused-ring (bicyclic) bond motifs is 1. The molecule has 3 N–H and O–H groups in total. The average molecular weight is 485 g/mol. The molecule has 1 atom stereocenters. The molecule has 13 heteroatoms. The van der Waals surface area contributed by atoms with Crippen molar-refractivity contribution in [2.24, 2.45) is 5.92 Å². The minimum atomic E-state index is -4.65. The molecule has 178 valence electrons. The summed E-state index contributed by atoms with van der Waals surface area (Å²) in [6.45, 7) is 0.741. The number of aromatic nitrogens is 2. The summed E-state index contributed by atoms with van der Waals surface area (Å²) in [5.41, 5.74) is 1.06. The number of nitrogens with zero attached hydrogens (tertiary/aromatic N) is 3. The van der Waals surface area contributed by atoms with Crippen molar-refractivity contribution < 1.29 is 26.4 Å². The fourth-order valence-corrected chi connectivity index (χ4v) is 4.54. The van der Waals surface area contributed by atoms with Crippen molar-refractivity contribution in [3.63, 3.8) is 0 Å². The lowest BCUT2D eigenvalue weighted by molar-refractivity contribution is -0.137. The van der Waals surface area contributed by atoms with Crippen molar-refractivity contribution in [3.8, 4) is 0 Å². The number of hydrogen-bond donors (Lipinski definition) is 3. The molecule has 1 amide bonds. The summed E-state index contributed by atoms with van der Waals surface area (Å²) >= 11 is 0. The van der Waals surface area contributed by atoms with Crippen LogP contribution >= 0.6 is 0 Å². The van der Waals surface area contributed by atoms with Crippen LogP contribution in [0.2, 0.25) is 0 Å². The number of piperidine rings is 1. The molecule has 1 aromatic heterocycles. The van der Waals surface area contributed by atoms with Crippen LogP contribution in [0.5, 0.6) is 0 Å². The van der Waals surface area contributed by atoms with Gasteiger partial charge in [0.15, 0.2) is 0 Å². The zero-order chi connectivity index (χ0) is 23.8.